The number of rotatable bonds is 4. The van der Waals surface area contributed by atoms with Crippen LogP contribution in [-0.2, 0) is 0 Å². The molecule has 0 bridgehead atoms. The molecule has 1 aliphatic carbocycles. The number of aliphatic hydroxyl groups excluding tert-OH is 1. The third kappa shape index (κ3) is 5.02. The lowest BCUT2D eigenvalue weighted by Gasteiger charge is -2.27. The molecule has 1 unspecified atom stereocenters. The minimum atomic E-state index is -0.297. The van der Waals surface area contributed by atoms with Crippen LogP contribution in [0.1, 0.15) is 47.0 Å². The second kappa shape index (κ2) is 7.19. The molecule has 0 radical (unpaired) electrons. The second-order valence-electron chi connectivity index (χ2n) is 5.61. The molecule has 2 N–H and O–H groups in total. The van der Waals surface area contributed by atoms with Gasteiger partial charge < -0.3 is 10.4 Å². The Morgan fingerprint density at radius 2 is 2.11 bits per heavy atom. The van der Waals surface area contributed by atoms with Gasteiger partial charge in [-0.25, -0.2) is 0 Å². The Hall–Kier alpha value is -0.480. The van der Waals surface area contributed by atoms with Crippen LogP contribution in [0, 0.1) is 11.8 Å². The summed E-state index contributed by atoms with van der Waals surface area (Å²) in [6.07, 6.45) is 4.84. The number of carbonyl (C=O) groups excluding carboxylic acids is 1. The monoisotopic (exact) mass is 271 g/mol. The molecular weight excluding hydrogens is 246 g/mol. The standard InChI is InChI=1S/C14H25NO2S/c1-9(2)13(16)11-6-5-7-12(8-11)18-14(17)15-10(3)4/h8-11,13,16H,5-7H2,1-4H3,(H,15,17)/t11-,13?/m0/s1. The summed E-state index contributed by atoms with van der Waals surface area (Å²) in [5, 5.41) is 13.0. The zero-order chi connectivity index (χ0) is 13.7. The maximum Gasteiger partial charge on any atom is 0.283 e. The van der Waals surface area contributed by atoms with Crippen LogP contribution >= 0.6 is 11.8 Å². The van der Waals surface area contributed by atoms with Crippen LogP contribution in [0.2, 0.25) is 0 Å². The van der Waals surface area contributed by atoms with Crippen LogP contribution in [0.5, 0.6) is 0 Å². The Balaban J connectivity index is 2.57. The highest BCUT2D eigenvalue weighted by atomic mass is 32.2. The van der Waals surface area contributed by atoms with Crippen molar-refractivity contribution >= 4 is 17.0 Å². The van der Waals surface area contributed by atoms with Gasteiger partial charge in [-0.3, -0.25) is 4.79 Å². The van der Waals surface area contributed by atoms with Gasteiger partial charge in [0.2, 0.25) is 0 Å². The van der Waals surface area contributed by atoms with Crippen LogP contribution < -0.4 is 5.32 Å². The summed E-state index contributed by atoms with van der Waals surface area (Å²) in [4.78, 5) is 12.8. The largest absolute Gasteiger partial charge is 0.392 e. The first-order valence-corrected chi connectivity index (χ1v) is 7.59. The molecule has 0 saturated heterocycles. The summed E-state index contributed by atoms with van der Waals surface area (Å²) in [7, 11) is 0. The number of amides is 1. The molecule has 0 aliphatic heterocycles. The van der Waals surface area contributed by atoms with Gasteiger partial charge in [0.1, 0.15) is 0 Å². The predicted molar refractivity (Wildman–Crippen MR) is 77.5 cm³/mol. The molecule has 0 spiro atoms. The summed E-state index contributed by atoms with van der Waals surface area (Å²) in [6.45, 7) is 7.98. The van der Waals surface area contributed by atoms with E-state index in [4.69, 9.17) is 0 Å². The van der Waals surface area contributed by atoms with E-state index >= 15 is 0 Å². The average molecular weight is 271 g/mol. The summed E-state index contributed by atoms with van der Waals surface area (Å²) in [5.41, 5.74) is 0. The maximum absolute atomic E-state index is 11.7. The van der Waals surface area contributed by atoms with Gasteiger partial charge in [-0.2, -0.15) is 0 Å². The van der Waals surface area contributed by atoms with E-state index < -0.39 is 0 Å². The SMILES string of the molecule is CC(C)NC(=O)SC1=C[C@@H](C(O)C(C)C)CCC1. The zero-order valence-electron chi connectivity index (χ0n) is 11.8. The van der Waals surface area contributed by atoms with Gasteiger partial charge in [-0.1, -0.05) is 19.9 Å². The molecule has 104 valence electrons. The zero-order valence-corrected chi connectivity index (χ0v) is 12.6. The van der Waals surface area contributed by atoms with Crippen molar-refractivity contribution in [3.63, 3.8) is 0 Å². The highest BCUT2D eigenvalue weighted by molar-refractivity contribution is 8.16. The van der Waals surface area contributed by atoms with Crippen LogP contribution in [0.15, 0.2) is 11.0 Å². The fourth-order valence-corrected chi connectivity index (χ4v) is 3.17. The van der Waals surface area contributed by atoms with E-state index in [1.165, 1.54) is 11.8 Å². The molecule has 1 rings (SSSR count). The van der Waals surface area contributed by atoms with Gasteiger partial charge >= 0.3 is 0 Å². The van der Waals surface area contributed by atoms with Crippen molar-refractivity contribution in [2.75, 3.05) is 0 Å². The lowest BCUT2D eigenvalue weighted by molar-refractivity contribution is 0.0778. The van der Waals surface area contributed by atoms with E-state index in [1.54, 1.807) is 0 Å². The lowest BCUT2D eigenvalue weighted by atomic mass is 9.86. The van der Waals surface area contributed by atoms with Crippen molar-refractivity contribution in [2.45, 2.75) is 59.1 Å². The van der Waals surface area contributed by atoms with Gasteiger partial charge in [-0.15, -0.1) is 0 Å². The fraction of sp³-hybridized carbons (Fsp3) is 0.786. The summed E-state index contributed by atoms with van der Waals surface area (Å²) in [5.74, 6) is 0.466. The number of hydrogen-bond donors (Lipinski definition) is 2. The van der Waals surface area contributed by atoms with Crippen molar-refractivity contribution in [2.24, 2.45) is 11.8 Å². The normalized spacial score (nSPS) is 21.9. The van der Waals surface area contributed by atoms with E-state index in [0.717, 1.165) is 24.2 Å². The number of allylic oxidation sites excluding steroid dienone is 1. The summed E-state index contributed by atoms with van der Waals surface area (Å²) < 4.78 is 0. The first-order chi connectivity index (χ1) is 8.40. The first kappa shape index (κ1) is 15.6. The number of hydrogen-bond acceptors (Lipinski definition) is 3. The van der Waals surface area contributed by atoms with Gasteiger partial charge in [0, 0.05) is 12.0 Å². The second-order valence-corrected chi connectivity index (χ2v) is 6.71. The topological polar surface area (TPSA) is 49.3 Å². The minimum Gasteiger partial charge on any atom is -0.392 e. The minimum absolute atomic E-state index is 0.0101. The van der Waals surface area contributed by atoms with Crippen LogP contribution in [0.3, 0.4) is 0 Å². The van der Waals surface area contributed by atoms with E-state index in [1.807, 2.05) is 27.7 Å². The molecule has 3 nitrogen and oxygen atoms in total. The highest BCUT2D eigenvalue weighted by Crippen LogP contribution is 2.33. The summed E-state index contributed by atoms with van der Waals surface area (Å²) in [6, 6.07) is 0.172. The molecule has 1 aliphatic rings. The Kier molecular flexibility index (Phi) is 6.22. The highest BCUT2D eigenvalue weighted by Gasteiger charge is 2.24. The Labute approximate surface area is 114 Å². The molecule has 0 aromatic rings. The fourth-order valence-electron chi connectivity index (χ4n) is 2.15. The van der Waals surface area contributed by atoms with Crippen molar-refractivity contribution in [3.05, 3.63) is 11.0 Å². The Morgan fingerprint density at radius 1 is 1.44 bits per heavy atom. The number of nitrogens with one attached hydrogen (secondary N) is 1. The molecule has 1 amide bonds. The van der Waals surface area contributed by atoms with E-state index in [-0.39, 0.29) is 29.2 Å². The lowest BCUT2D eigenvalue weighted by Crippen LogP contribution is -2.28. The third-order valence-corrected chi connectivity index (χ3v) is 4.02. The quantitative estimate of drug-likeness (QED) is 0.822. The third-order valence-electron chi connectivity index (χ3n) is 3.11. The molecule has 0 aromatic carbocycles. The smallest absolute Gasteiger partial charge is 0.283 e. The molecule has 0 heterocycles. The van der Waals surface area contributed by atoms with Gasteiger partial charge in [0.25, 0.3) is 5.24 Å². The first-order valence-electron chi connectivity index (χ1n) is 6.77. The van der Waals surface area contributed by atoms with Crippen molar-refractivity contribution < 1.29 is 9.90 Å². The van der Waals surface area contributed by atoms with Gasteiger partial charge in [-0.05, 0) is 55.7 Å². The summed E-state index contributed by atoms with van der Waals surface area (Å²) >= 11 is 1.28. The van der Waals surface area contributed by atoms with Crippen LogP contribution in [0.4, 0.5) is 4.79 Å². The molecule has 0 fully saturated rings. The Bertz CT molecular complexity index is 313. The molecule has 2 atom stereocenters. The number of aliphatic hydroxyl groups is 1. The Morgan fingerprint density at radius 3 is 2.67 bits per heavy atom. The van der Waals surface area contributed by atoms with E-state index in [9.17, 15) is 9.90 Å². The van der Waals surface area contributed by atoms with Crippen molar-refractivity contribution in [1.29, 1.82) is 0 Å². The van der Waals surface area contributed by atoms with E-state index in [2.05, 4.69) is 11.4 Å². The van der Waals surface area contributed by atoms with E-state index in [0.29, 0.717) is 0 Å². The number of thioether (sulfide) groups is 1. The number of carbonyl (C=O) groups is 1. The molecule has 0 aromatic heterocycles. The van der Waals surface area contributed by atoms with Crippen molar-refractivity contribution in [1.82, 2.24) is 5.32 Å². The van der Waals surface area contributed by atoms with Gasteiger partial charge in [0.05, 0.1) is 6.10 Å². The molecule has 18 heavy (non-hydrogen) atoms. The van der Waals surface area contributed by atoms with Crippen molar-refractivity contribution in [3.8, 4) is 0 Å². The predicted octanol–water partition coefficient (Wildman–Crippen LogP) is 3.54. The van der Waals surface area contributed by atoms with Gasteiger partial charge in [0.15, 0.2) is 0 Å². The average Bonchev–Trinajstić information content (AvgIpc) is 2.26. The maximum atomic E-state index is 11.7. The van der Waals surface area contributed by atoms with Crippen LogP contribution in [0.25, 0.3) is 0 Å². The molecular formula is C14H25NO2S. The van der Waals surface area contributed by atoms with Crippen LogP contribution in [-0.4, -0.2) is 22.5 Å². The molecule has 4 heteroatoms. The molecule has 0 saturated carbocycles.